The van der Waals surface area contributed by atoms with Crippen molar-refractivity contribution in [2.75, 3.05) is 0 Å². The molecule has 0 aromatic heterocycles. The zero-order valence-corrected chi connectivity index (χ0v) is 9.42. The lowest BCUT2D eigenvalue weighted by Gasteiger charge is -2.35. The summed E-state index contributed by atoms with van der Waals surface area (Å²) in [7, 11) is 0. The van der Waals surface area contributed by atoms with Crippen LogP contribution in [0.2, 0.25) is 0 Å². The zero-order valence-electron chi connectivity index (χ0n) is 9.42. The molecule has 1 aliphatic carbocycles. The van der Waals surface area contributed by atoms with Crippen LogP contribution >= 0.6 is 0 Å². The molecular weight excluding hydrogens is 156 g/mol. The van der Waals surface area contributed by atoms with Gasteiger partial charge in [0.05, 0.1) is 0 Å². The molecule has 0 saturated heterocycles. The predicted octanol–water partition coefficient (Wildman–Crippen LogP) is 4.42. The van der Waals surface area contributed by atoms with E-state index in [1.165, 1.54) is 32.1 Å². The Hall–Kier alpha value is -0.260. The fraction of sp³-hybridized carbons (Fsp3) is 0.846. The van der Waals surface area contributed by atoms with Gasteiger partial charge in [0.25, 0.3) is 0 Å². The third-order valence-corrected chi connectivity index (χ3v) is 3.70. The van der Waals surface area contributed by atoms with Crippen molar-refractivity contribution < 1.29 is 0 Å². The molecule has 76 valence electrons. The first-order valence-electron chi connectivity index (χ1n) is 5.96. The summed E-state index contributed by atoms with van der Waals surface area (Å²) in [4.78, 5) is 0. The molecule has 0 aliphatic heterocycles. The van der Waals surface area contributed by atoms with Crippen LogP contribution < -0.4 is 0 Å². The lowest BCUT2D eigenvalue weighted by Crippen LogP contribution is -2.26. The van der Waals surface area contributed by atoms with Crippen LogP contribution in [0, 0.1) is 17.8 Å². The van der Waals surface area contributed by atoms with E-state index in [1.807, 2.05) is 0 Å². The number of hydrogen-bond acceptors (Lipinski definition) is 0. The van der Waals surface area contributed by atoms with Gasteiger partial charge in [-0.3, -0.25) is 0 Å². The van der Waals surface area contributed by atoms with Crippen molar-refractivity contribution in [3.63, 3.8) is 0 Å². The Labute approximate surface area is 83.4 Å². The maximum atomic E-state index is 2.46. The molecule has 0 spiro atoms. The molecule has 0 N–H and O–H groups in total. The van der Waals surface area contributed by atoms with E-state index in [2.05, 4.69) is 32.9 Å². The molecule has 1 rings (SSSR count). The molecule has 1 saturated carbocycles. The van der Waals surface area contributed by atoms with Gasteiger partial charge in [0.2, 0.25) is 0 Å². The van der Waals surface area contributed by atoms with E-state index in [0.29, 0.717) is 0 Å². The lowest BCUT2D eigenvalue weighted by molar-refractivity contribution is 0.184. The highest BCUT2D eigenvalue weighted by molar-refractivity contribution is 4.95. The zero-order chi connectivity index (χ0) is 9.68. The van der Waals surface area contributed by atoms with Crippen molar-refractivity contribution in [3.05, 3.63) is 12.2 Å². The first-order valence-corrected chi connectivity index (χ1v) is 5.96. The quantitative estimate of drug-likeness (QED) is 0.564. The molecule has 0 amide bonds. The summed E-state index contributed by atoms with van der Waals surface area (Å²) in [6.07, 6.45) is 11.8. The lowest BCUT2D eigenvalue weighted by atomic mass is 9.70. The molecule has 0 heterocycles. The van der Waals surface area contributed by atoms with Gasteiger partial charge in [-0.05, 0) is 37.5 Å². The van der Waals surface area contributed by atoms with E-state index < -0.39 is 0 Å². The first kappa shape index (κ1) is 10.8. The predicted molar refractivity (Wildman–Crippen MR) is 59.7 cm³/mol. The van der Waals surface area contributed by atoms with Gasteiger partial charge in [-0.15, -0.1) is 0 Å². The largest absolute Gasteiger partial charge is 0.0914 e. The van der Waals surface area contributed by atoms with Gasteiger partial charge in [0.15, 0.2) is 0 Å². The molecule has 1 aliphatic rings. The molecule has 0 aromatic rings. The monoisotopic (exact) mass is 180 g/mol. The Morgan fingerprint density at radius 1 is 1.08 bits per heavy atom. The van der Waals surface area contributed by atoms with E-state index in [0.717, 1.165) is 17.8 Å². The molecule has 0 bridgehead atoms. The van der Waals surface area contributed by atoms with Gasteiger partial charge in [0, 0.05) is 0 Å². The van der Waals surface area contributed by atoms with Crippen LogP contribution in [0.15, 0.2) is 12.2 Å². The number of allylic oxidation sites excluding steroid dienone is 2. The van der Waals surface area contributed by atoms with Crippen molar-refractivity contribution in [2.45, 2.75) is 52.9 Å². The highest BCUT2D eigenvalue weighted by atomic mass is 14.3. The van der Waals surface area contributed by atoms with Gasteiger partial charge >= 0.3 is 0 Å². The Bertz CT molecular complexity index is 145. The van der Waals surface area contributed by atoms with Gasteiger partial charge in [0.1, 0.15) is 0 Å². The minimum Gasteiger partial charge on any atom is -0.0914 e. The van der Waals surface area contributed by atoms with Crippen molar-refractivity contribution >= 4 is 0 Å². The highest BCUT2D eigenvalue weighted by Crippen LogP contribution is 2.39. The average molecular weight is 180 g/mol. The van der Waals surface area contributed by atoms with Crippen molar-refractivity contribution in [1.29, 1.82) is 0 Å². The summed E-state index contributed by atoms with van der Waals surface area (Å²) in [5.41, 5.74) is 0. The molecular formula is C13H24. The van der Waals surface area contributed by atoms with Crippen LogP contribution in [0.1, 0.15) is 52.9 Å². The minimum atomic E-state index is 0.883. The van der Waals surface area contributed by atoms with Crippen LogP contribution in [0.5, 0.6) is 0 Å². The van der Waals surface area contributed by atoms with E-state index in [1.54, 1.807) is 0 Å². The van der Waals surface area contributed by atoms with Crippen LogP contribution in [-0.2, 0) is 0 Å². The summed E-state index contributed by atoms with van der Waals surface area (Å²) in [6, 6.07) is 0. The SMILES string of the molecule is C/C=C\C1C(CC)CCCC1CC. The second-order valence-corrected chi connectivity index (χ2v) is 4.37. The van der Waals surface area contributed by atoms with Crippen LogP contribution in [0.25, 0.3) is 0 Å². The van der Waals surface area contributed by atoms with Crippen LogP contribution in [-0.4, -0.2) is 0 Å². The van der Waals surface area contributed by atoms with Crippen molar-refractivity contribution in [1.82, 2.24) is 0 Å². The second kappa shape index (κ2) is 5.47. The summed E-state index contributed by atoms with van der Waals surface area (Å²) in [5, 5.41) is 0. The summed E-state index contributed by atoms with van der Waals surface area (Å²) < 4.78 is 0. The Balaban J connectivity index is 2.63. The summed E-state index contributed by atoms with van der Waals surface area (Å²) in [6.45, 7) is 6.85. The number of hydrogen-bond donors (Lipinski definition) is 0. The second-order valence-electron chi connectivity index (χ2n) is 4.37. The van der Waals surface area contributed by atoms with Gasteiger partial charge in [-0.25, -0.2) is 0 Å². The molecule has 1 fully saturated rings. The third kappa shape index (κ3) is 2.59. The van der Waals surface area contributed by atoms with E-state index in [-0.39, 0.29) is 0 Å². The van der Waals surface area contributed by atoms with Crippen molar-refractivity contribution in [3.8, 4) is 0 Å². The molecule has 13 heavy (non-hydrogen) atoms. The van der Waals surface area contributed by atoms with Crippen LogP contribution in [0.4, 0.5) is 0 Å². The standard InChI is InChI=1S/C13H24/c1-4-8-13-11(5-2)9-7-10-12(13)6-3/h4,8,11-13H,5-7,9-10H2,1-3H3/b8-4-. The maximum Gasteiger partial charge on any atom is -0.0177 e. The molecule has 0 nitrogen and oxygen atoms in total. The fourth-order valence-electron chi connectivity index (χ4n) is 2.90. The maximum absolute atomic E-state index is 2.46. The Morgan fingerprint density at radius 2 is 1.62 bits per heavy atom. The Morgan fingerprint density at radius 3 is 2.00 bits per heavy atom. The topological polar surface area (TPSA) is 0 Å². The van der Waals surface area contributed by atoms with E-state index >= 15 is 0 Å². The highest BCUT2D eigenvalue weighted by Gasteiger charge is 2.28. The fourth-order valence-corrected chi connectivity index (χ4v) is 2.90. The minimum absolute atomic E-state index is 0.883. The molecule has 0 radical (unpaired) electrons. The number of rotatable bonds is 3. The molecule has 2 atom stereocenters. The molecule has 0 aromatic carbocycles. The third-order valence-electron chi connectivity index (χ3n) is 3.70. The molecule has 2 unspecified atom stereocenters. The van der Waals surface area contributed by atoms with E-state index in [4.69, 9.17) is 0 Å². The summed E-state index contributed by atoms with van der Waals surface area (Å²) >= 11 is 0. The van der Waals surface area contributed by atoms with Gasteiger partial charge in [-0.2, -0.15) is 0 Å². The average Bonchev–Trinajstić information content (AvgIpc) is 2.18. The normalized spacial score (nSPS) is 35.5. The van der Waals surface area contributed by atoms with Gasteiger partial charge < -0.3 is 0 Å². The van der Waals surface area contributed by atoms with E-state index in [9.17, 15) is 0 Å². The molecule has 0 heteroatoms. The summed E-state index contributed by atoms with van der Waals surface area (Å²) in [5.74, 6) is 2.82. The van der Waals surface area contributed by atoms with Crippen LogP contribution in [0.3, 0.4) is 0 Å². The van der Waals surface area contributed by atoms with Gasteiger partial charge in [-0.1, -0.05) is 45.3 Å². The van der Waals surface area contributed by atoms with Crippen molar-refractivity contribution in [2.24, 2.45) is 17.8 Å². The Kier molecular flexibility index (Phi) is 4.55. The smallest absolute Gasteiger partial charge is 0.0177 e. The first-order chi connectivity index (χ1) is 6.33.